The highest BCUT2D eigenvalue weighted by atomic mass is 35.5. The van der Waals surface area contributed by atoms with Gasteiger partial charge >= 0.3 is 0 Å². The third kappa shape index (κ3) is 5.02. The highest BCUT2D eigenvalue weighted by Gasteiger charge is 2.09. The van der Waals surface area contributed by atoms with Crippen LogP contribution in [0.4, 0.5) is 0 Å². The molecule has 4 heteroatoms. The molecule has 0 aliphatic rings. The summed E-state index contributed by atoms with van der Waals surface area (Å²) in [6.45, 7) is 4.72. The van der Waals surface area contributed by atoms with Crippen molar-refractivity contribution in [2.24, 2.45) is 0 Å². The topological polar surface area (TPSA) is 41.5 Å². The molecule has 0 radical (unpaired) electrons. The van der Waals surface area contributed by atoms with Crippen LogP contribution in [0.1, 0.15) is 24.1 Å². The summed E-state index contributed by atoms with van der Waals surface area (Å²) in [5.41, 5.74) is 2.16. The minimum Gasteiger partial charge on any atom is -0.491 e. The standard InChI is InChI=1S/C18H22ClNO2/c1-13-10-17(8-9-18(13)19)22-12-16(21)11-20-14(2)15-6-4-3-5-7-15/h3-10,14,16,20-21H,11-12H2,1-2H3. The Morgan fingerprint density at radius 1 is 1.18 bits per heavy atom. The first kappa shape index (κ1) is 16.8. The number of hydrogen-bond donors (Lipinski definition) is 2. The van der Waals surface area contributed by atoms with E-state index in [1.807, 2.05) is 37.3 Å². The molecule has 3 nitrogen and oxygen atoms in total. The molecule has 0 spiro atoms. The number of aliphatic hydroxyl groups excluding tert-OH is 1. The van der Waals surface area contributed by atoms with Gasteiger partial charge < -0.3 is 15.2 Å². The van der Waals surface area contributed by atoms with Crippen molar-refractivity contribution in [3.63, 3.8) is 0 Å². The molecular formula is C18H22ClNO2. The van der Waals surface area contributed by atoms with Crippen molar-refractivity contribution in [1.29, 1.82) is 0 Å². The number of aryl methyl sites for hydroxylation is 1. The van der Waals surface area contributed by atoms with Crippen molar-refractivity contribution in [3.05, 3.63) is 64.7 Å². The van der Waals surface area contributed by atoms with Crippen molar-refractivity contribution in [2.75, 3.05) is 13.2 Å². The lowest BCUT2D eigenvalue weighted by atomic mass is 10.1. The van der Waals surface area contributed by atoms with Gasteiger partial charge in [0, 0.05) is 17.6 Å². The summed E-state index contributed by atoms with van der Waals surface area (Å²) in [5, 5.41) is 14.0. The molecule has 0 heterocycles. The third-order valence-corrected chi connectivity index (χ3v) is 3.96. The van der Waals surface area contributed by atoms with Crippen LogP contribution >= 0.6 is 11.6 Å². The maximum atomic E-state index is 10.0. The summed E-state index contributed by atoms with van der Waals surface area (Å²) in [5.74, 6) is 0.719. The molecule has 22 heavy (non-hydrogen) atoms. The Hall–Kier alpha value is -1.55. The summed E-state index contributed by atoms with van der Waals surface area (Å²) < 4.78 is 5.59. The number of nitrogens with one attached hydrogen (secondary N) is 1. The monoisotopic (exact) mass is 319 g/mol. The lowest BCUT2D eigenvalue weighted by Crippen LogP contribution is -2.33. The number of benzene rings is 2. The molecule has 2 atom stereocenters. The van der Waals surface area contributed by atoms with E-state index >= 15 is 0 Å². The lowest BCUT2D eigenvalue weighted by molar-refractivity contribution is 0.104. The van der Waals surface area contributed by atoms with Gasteiger partial charge in [0.15, 0.2) is 0 Å². The number of ether oxygens (including phenoxy) is 1. The van der Waals surface area contributed by atoms with E-state index in [0.717, 1.165) is 11.3 Å². The fourth-order valence-electron chi connectivity index (χ4n) is 2.13. The predicted octanol–water partition coefficient (Wildman–Crippen LogP) is 3.74. The van der Waals surface area contributed by atoms with Gasteiger partial charge in [-0.25, -0.2) is 0 Å². The second-order valence-corrected chi connectivity index (χ2v) is 5.82. The molecule has 118 valence electrons. The average molecular weight is 320 g/mol. The van der Waals surface area contributed by atoms with Gasteiger partial charge in [-0.3, -0.25) is 0 Å². The van der Waals surface area contributed by atoms with Crippen LogP contribution < -0.4 is 10.1 Å². The van der Waals surface area contributed by atoms with Gasteiger partial charge in [0.05, 0.1) is 0 Å². The number of hydrogen-bond acceptors (Lipinski definition) is 3. The normalized spacial score (nSPS) is 13.6. The number of halogens is 1. The molecule has 0 fully saturated rings. The van der Waals surface area contributed by atoms with Crippen LogP contribution in [0.2, 0.25) is 5.02 Å². The fraction of sp³-hybridized carbons (Fsp3) is 0.333. The van der Waals surface area contributed by atoms with E-state index in [9.17, 15) is 5.11 Å². The zero-order valence-electron chi connectivity index (χ0n) is 12.9. The van der Waals surface area contributed by atoms with Crippen LogP contribution in [0.25, 0.3) is 0 Å². The summed E-state index contributed by atoms with van der Waals surface area (Å²) in [7, 11) is 0. The summed E-state index contributed by atoms with van der Waals surface area (Å²) in [6, 6.07) is 15.8. The summed E-state index contributed by atoms with van der Waals surface area (Å²) in [4.78, 5) is 0. The third-order valence-electron chi connectivity index (χ3n) is 3.53. The minimum atomic E-state index is -0.567. The maximum Gasteiger partial charge on any atom is 0.119 e. The zero-order chi connectivity index (χ0) is 15.9. The van der Waals surface area contributed by atoms with Crippen LogP contribution in [-0.4, -0.2) is 24.4 Å². The highest BCUT2D eigenvalue weighted by Crippen LogP contribution is 2.21. The van der Waals surface area contributed by atoms with Crippen LogP contribution in [0.15, 0.2) is 48.5 Å². The van der Waals surface area contributed by atoms with E-state index < -0.39 is 6.10 Å². The molecule has 0 amide bonds. The molecule has 0 saturated heterocycles. The predicted molar refractivity (Wildman–Crippen MR) is 90.6 cm³/mol. The van der Waals surface area contributed by atoms with E-state index in [4.69, 9.17) is 16.3 Å². The van der Waals surface area contributed by atoms with Crippen molar-refractivity contribution < 1.29 is 9.84 Å². The summed E-state index contributed by atoms with van der Waals surface area (Å²) >= 11 is 5.97. The Morgan fingerprint density at radius 3 is 2.59 bits per heavy atom. The molecule has 2 aromatic carbocycles. The second-order valence-electron chi connectivity index (χ2n) is 5.42. The quantitative estimate of drug-likeness (QED) is 0.817. The van der Waals surface area contributed by atoms with Crippen LogP contribution in [0.5, 0.6) is 5.75 Å². The van der Waals surface area contributed by atoms with E-state index in [1.165, 1.54) is 5.56 Å². The van der Waals surface area contributed by atoms with Gasteiger partial charge in [-0.2, -0.15) is 0 Å². The van der Waals surface area contributed by atoms with Crippen LogP contribution in [0, 0.1) is 6.92 Å². The molecule has 0 aliphatic heterocycles. The number of aliphatic hydroxyl groups is 1. The molecule has 2 unspecified atom stereocenters. The SMILES string of the molecule is Cc1cc(OCC(O)CNC(C)c2ccccc2)ccc1Cl. The van der Waals surface area contributed by atoms with E-state index in [0.29, 0.717) is 11.6 Å². The van der Waals surface area contributed by atoms with Crippen LogP contribution in [0.3, 0.4) is 0 Å². The largest absolute Gasteiger partial charge is 0.491 e. The Morgan fingerprint density at radius 2 is 1.91 bits per heavy atom. The molecule has 0 aromatic heterocycles. The smallest absolute Gasteiger partial charge is 0.119 e. The Kier molecular flexibility index (Phi) is 6.25. The van der Waals surface area contributed by atoms with Crippen molar-refractivity contribution >= 4 is 11.6 Å². The first-order valence-electron chi connectivity index (χ1n) is 7.41. The number of rotatable bonds is 7. The second kappa shape index (κ2) is 8.18. The van der Waals surface area contributed by atoms with Gasteiger partial charge in [0.2, 0.25) is 0 Å². The van der Waals surface area contributed by atoms with Gasteiger partial charge in [-0.1, -0.05) is 41.9 Å². The molecule has 2 rings (SSSR count). The van der Waals surface area contributed by atoms with Crippen molar-refractivity contribution in [3.8, 4) is 5.75 Å². The zero-order valence-corrected chi connectivity index (χ0v) is 13.7. The average Bonchev–Trinajstić information content (AvgIpc) is 2.54. The van der Waals surface area contributed by atoms with Crippen molar-refractivity contribution in [1.82, 2.24) is 5.32 Å². The highest BCUT2D eigenvalue weighted by molar-refractivity contribution is 6.31. The first-order valence-corrected chi connectivity index (χ1v) is 7.79. The van der Waals surface area contributed by atoms with Crippen LogP contribution in [-0.2, 0) is 0 Å². The van der Waals surface area contributed by atoms with Gasteiger partial charge in [-0.05, 0) is 43.2 Å². The van der Waals surface area contributed by atoms with E-state index in [-0.39, 0.29) is 12.6 Å². The summed E-state index contributed by atoms with van der Waals surface area (Å²) in [6.07, 6.45) is -0.567. The van der Waals surface area contributed by atoms with Gasteiger partial charge in [0.25, 0.3) is 0 Å². The molecule has 0 bridgehead atoms. The fourth-order valence-corrected chi connectivity index (χ4v) is 2.25. The Balaban J connectivity index is 1.76. The molecular weight excluding hydrogens is 298 g/mol. The Labute approximate surface area is 136 Å². The first-order chi connectivity index (χ1) is 10.6. The maximum absolute atomic E-state index is 10.0. The van der Waals surface area contributed by atoms with E-state index in [1.54, 1.807) is 6.07 Å². The van der Waals surface area contributed by atoms with Crippen molar-refractivity contribution in [2.45, 2.75) is 26.0 Å². The lowest BCUT2D eigenvalue weighted by Gasteiger charge is -2.18. The Bertz CT molecular complexity index is 589. The molecule has 2 N–H and O–H groups in total. The van der Waals surface area contributed by atoms with Gasteiger partial charge in [0.1, 0.15) is 18.5 Å². The molecule has 0 aliphatic carbocycles. The minimum absolute atomic E-state index is 0.189. The molecule has 0 saturated carbocycles. The van der Waals surface area contributed by atoms with E-state index in [2.05, 4.69) is 24.4 Å². The molecule has 2 aromatic rings. The van der Waals surface area contributed by atoms with Gasteiger partial charge in [-0.15, -0.1) is 0 Å².